The van der Waals surface area contributed by atoms with Crippen LogP contribution in [0.2, 0.25) is 0 Å². The smallest absolute Gasteiger partial charge is 0.250 e. The standard InChI is InChI=1S/C10H21N3O4S/c1-17-9(7-11)10(14)12-8-3-5-13(6-4-8)18(2,15)16/h8-9H,3-7,11H2,1-2H3,(H,12,14). The first kappa shape index (κ1) is 15.4. The first-order valence-electron chi connectivity index (χ1n) is 5.87. The van der Waals surface area contributed by atoms with Crippen LogP contribution in [0, 0.1) is 0 Å². The molecular formula is C10H21N3O4S. The second-order valence-electron chi connectivity index (χ2n) is 4.40. The number of nitrogens with one attached hydrogen (secondary N) is 1. The van der Waals surface area contributed by atoms with E-state index in [2.05, 4.69) is 5.32 Å². The predicted molar refractivity (Wildman–Crippen MR) is 67.4 cm³/mol. The van der Waals surface area contributed by atoms with E-state index in [0.29, 0.717) is 25.9 Å². The Balaban J connectivity index is 2.42. The molecular weight excluding hydrogens is 258 g/mol. The molecule has 1 rings (SSSR count). The fourth-order valence-corrected chi connectivity index (χ4v) is 2.81. The van der Waals surface area contributed by atoms with Crippen LogP contribution in [0.25, 0.3) is 0 Å². The van der Waals surface area contributed by atoms with E-state index in [4.69, 9.17) is 10.5 Å². The second-order valence-corrected chi connectivity index (χ2v) is 6.39. The van der Waals surface area contributed by atoms with E-state index >= 15 is 0 Å². The third kappa shape index (κ3) is 4.20. The van der Waals surface area contributed by atoms with Crippen LogP contribution in [-0.4, -0.2) is 63.8 Å². The van der Waals surface area contributed by atoms with Gasteiger partial charge in [0.2, 0.25) is 10.0 Å². The van der Waals surface area contributed by atoms with Crippen LogP contribution in [0.15, 0.2) is 0 Å². The molecule has 1 aliphatic heterocycles. The molecule has 106 valence electrons. The molecule has 1 saturated heterocycles. The molecule has 1 aliphatic rings. The summed E-state index contributed by atoms with van der Waals surface area (Å²) in [7, 11) is -1.69. The predicted octanol–water partition coefficient (Wildman–Crippen LogP) is -1.50. The molecule has 0 spiro atoms. The number of hydrogen-bond acceptors (Lipinski definition) is 5. The van der Waals surface area contributed by atoms with Crippen LogP contribution in [-0.2, 0) is 19.6 Å². The summed E-state index contributed by atoms with van der Waals surface area (Å²) in [6.07, 6.45) is 1.78. The molecule has 18 heavy (non-hydrogen) atoms. The Hall–Kier alpha value is -0.700. The highest BCUT2D eigenvalue weighted by Crippen LogP contribution is 2.13. The van der Waals surface area contributed by atoms with Gasteiger partial charge < -0.3 is 15.8 Å². The summed E-state index contributed by atoms with van der Waals surface area (Å²) in [5.41, 5.74) is 5.40. The maximum absolute atomic E-state index is 11.7. The van der Waals surface area contributed by atoms with Crippen molar-refractivity contribution in [3.8, 4) is 0 Å². The molecule has 0 bridgehead atoms. The fraction of sp³-hybridized carbons (Fsp3) is 0.900. The van der Waals surface area contributed by atoms with E-state index in [-0.39, 0.29) is 18.5 Å². The van der Waals surface area contributed by atoms with Gasteiger partial charge in [-0.1, -0.05) is 0 Å². The van der Waals surface area contributed by atoms with E-state index in [9.17, 15) is 13.2 Å². The molecule has 0 aromatic heterocycles. The van der Waals surface area contributed by atoms with E-state index in [1.807, 2.05) is 0 Å². The third-order valence-electron chi connectivity index (χ3n) is 3.06. The lowest BCUT2D eigenvalue weighted by atomic mass is 10.1. The lowest BCUT2D eigenvalue weighted by molar-refractivity contribution is -0.131. The molecule has 7 nitrogen and oxygen atoms in total. The van der Waals surface area contributed by atoms with Crippen molar-refractivity contribution in [2.24, 2.45) is 5.73 Å². The van der Waals surface area contributed by atoms with E-state index in [1.165, 1.54) is 17.7 Å². The lowest BCUT2D eigenvalue weighted by Gasteiger charge is -2.31. The number of sulfonamides is 1. The summed E-state index contributed by atoms with van der Waals surface area (Å²) in [4.78, 5) is 11.7. The SMILES string of the molecule is COC(CN)C(=O)NC1CCN(S(C)(=O)=O)CC1. The van der Waals surface area contributed by atoms with Crippen molar-refractivity contribution in [2.75, 3.05) is 33.0 Å². The van der Waals surface area contributed by atoms with Gasteiger partial charge in [-0.15, -0.1) is 0 Å². The highest BCUT2D eigenvalue weighted by atomic mass is 32.2. The van der Waals surface area contributed by atoms with Crippen LogP contribution in [0.4, 0.5) is 0 Å². The molecule has 0 saturated carbocycles. The number of hydrogen-bond donors (Lipinski definition) is 2. The van der Waals surface area contributed by atoms with Gasteiger partial charge in [-0.05, 0) is 12.8 Å². The maximum Gasteiger partial charge on any atom is 0.250 e. The molecule has 0 radical (unpaired) electrons. The zero-order chi connectivity index (χ0) is 13.8. The number of amides is 1. The topological polar surface area (TPSA) is 102 Å². The number of nitrogens with zero attached hydrogens (tertiary/aromatic N) is 1. The summed E-state index contributed by atoms with van der Waals surface area (Å²) in [5, 5.41) is 2.83. The Morgan fingerprint density at radius 1 is 1.50 bits per heavy atom. The normalized spacial score (nSPS) is 20.6. The summed E-state index contributed by atoms with van der Waals surface area (Å²) in [5.74, 6) is -0.238. The Labute approximate surface area is 108 Å². The van der Waals surface area contributed by atoms with Gasteiger partial charge in [0.15, 0.2) is 0 Å². The van der Waals surface area contributed by atoms with Crippen LogP contribution < -0.4 is 11.1 Å². The van der Waals surface area contributed by atoms with Crippen molar-refractivity contribution in [2.45, 2.75) is 25.0 Å². The van der Waals surface area contributed by atoms with E-state index in [1.54, 1.807) is 0 Å². The van der Waals surface area contributed by atoms with Crippen molar-refractivity contribution in [3.05, 3.63) is 0 Å². The minimum atomic E-state index is -3.13. The van der Waals surface area contributed by atoms with Crippen LogP contribution >= 0.6 is 0 Å². The minimum Gasteiger partial charge on any atom is -0.370 e. The molecule has 8 heteroatoms. The Morgan fingerprint density at radius 3 is 2.44 bits per heavy atom. The molecule has 1 fully saturated rings. The molecule has 1 amide bonds. The van der Waals surface area contributed by atoms with Gasteiger partial charge in [0.25, 0.3) is 5.91 Å². The van der Waals surface area contributed by atoms with Crippen LogP contribution in [0.3, 0.4) is 0 Å². The summed E-state index contributed by atoms with van der Waals surface area (Å²) >= 11 is 0. The zero-order valence-corrected chi connectivity index (χ0v) is 11.6. The first-order chi connectivity index (χ1) is 8.38. The number of carbonyl (C=O) groups is 1. The van der Waals surface area contributed by atoms with Gasteiger partial charge in [0.1, 0.15) is 6.10 Å². The number of ether oxygens (including phenoxy) is 1. The zero-order valence-electron chi connectivity index (χ0n) is 10.8. The van der Waals surface area contributed by atoms with Crippen molar-refractivity contribution in [1.82, 2.24) is 9.62 Å². The Morgan fingerprint density at radius 2 is 2.06 bits per heavy atom. The highest BCUT2D eigenvalue weighted by molar-refractivity contribution is 7.88. The number of methoxy groups -OCH3 is 1. The third-order valence-corrected chi connectivity index (χ3v) is 4.36. The Kier molecular flexibility index (Phi) is 5.51. The van der Waals surface area contributed by atoms with Crippen LogP contribution in [0.5, 0.6) is 0 Å². The van der Waals surface area contributed by atoms with Gasteiger partial charge in [-0.3, -0.25) is 4.79 Å². The molecule has 1 atom stereocenters. The minimum absolute atomic E-state index is 0.0142. The summed E-state index contributed by atoms with van der Waals surface area (Å²) in [6.45, 7) is 0.999. The van der Waals surface area contributed by atoms with E-state index in [0.717, 1.165) is 0 Å². The van der Waals surface area contributed by atoms with Crippen molar-refractivity contribution in [3.63, 3.8) is 0 Å². The van der Waals surface area contributed by atoms with Gasteiger partial charge >= 0.3 is 0 Å². The molecule has 0 aliphatic carbocycles. The average molecular weight is 279 g/mol. The first-order valence-corrected chi connectivity index (χ1v) is 7.71. The molecule has 0 aromatic rings. The molecule has 1 unspecified atom stereocenters. The molecule has 3 N–H and O–H groups in total. The number of rotatable bonds is 5. The quantitative estimate of drug-likeness (QED) is 0.638. The number of carbonyl (C=O) groups excluding carboxylic acids is 1. The van der Waals surface area contributed by atoms with Gasteiger partial charge in [-0.2, -0.15) is 0 Å². The van der Waals surface area contributed by atoms with Gasteiger partial charge in [0, 0.05) is 32.8 Å². The van der Waals surface area contributed by atoms with Crippen molar-refractivity contribution < 1.29 is 17.9 Å². The molecule has 0 aromatic carbocycles. The fourth-order valence-electron chi connectivity index (χ4n) is 1.94. The van der Waals surface area contributed by atoms with Crippen LogP contribution in [0.1, 0.15) is 12.8 Å². The Bertz CT molecular complexity index is 373. The summed E-state index contributed by atoms with van der Waals surface area (Å²) < 4.78 is 29.0. The van der Waals surface area contributed by atoms with Gasteiger partial charge in [-0.25, -0.2) is 12.7 Å². The second kappa shape index (κ2) is 6.46. The molecule has 1 heterocycles. The number of piperidine rings is 1. The van der Waals surface area contributed by atoms with Crippen molar-refractivity contribution >= 4 is 15.9 Å². The monoisotopic (exact) mass is 279 g/mol. The number of nitrogens with two attached hydrogens (primary N) is 1. The van der Waals surface area contributed by atoms with Crippen molar-refractivity contribution in [1.29, 1.82) is 0 Å². The highest BCUT2D eigenvalue weighted by Gasteiger charge is 2.27. The maximum atomic E-state index is 11.7. The lowest BCUT2D eigenvalue weighted by Crippen LogP contribution is -2.50. The van der Waals surface area contributed by atoms with Gasteiger partial charge in [0.05, 0.1) is 6.26 Å². The summed E-state index contributed by atoms with van der Waals surface area (Å²) in [6, 6.07) is -0.0142. The van der Waals surface area contributed by atoms with E-state index < -0.39 is 16.1 Å². The average Bonchev–Trinajstić information content (AvgIpc) is 2.30. The largest absolute Gasteiger partial charge is 0.370 e.